The molecule has 3 unspecified atom stereocenters. The van der Waals surface area contributed by atoms with Crippen molar-refractivity contribution in [2.24, 2.45) is 11.8 Å². The van der Waals surface area contributed by atoms with Crippen molar-refractivity contribution in [1.29, 1.82) is 0 Å². The van der Waals surface area contributed by atoms with E-state index in [1.807, 2.05) is 0 Å². The van der Waals surface area contributed by atoms with E-state index in [9.17, 15) is 21.6 Å². The number of benzene rings is 3. The predicted octanol–water partition coefficient (Wildman–Crippen LogP) is 8.50. The summed E-state index contributed by atoms with van der Waals surface area (Å²) >= 11 is 6.73. The highest BCUT2D eigenvalue weighted by Crippen LogP contribution is 2.43. The highest BCUT2D eigenvalue weighted by atomic mass is 79.9. The number of anilines is 2. The Morgan fingerprint density at radius 1 is 0.769 bits per heavy atom. The van der Waals surface area contributed by atoms with Gasteiger partial charge in [0.1, 0.15) is 0 Å². The molecule has 3 aromatic carbocycles. The Hall–Kier alpha value is -1.69. The zero-order chi connectivity index (χ0) is 27.7. The fourth-order valence-electron chi connectivity index (χ4n) is 5.47. The van der Waals surface area contributed by atoms with Gasteiger partial charge in [-0.3, -0.25) is 0 Å². The molecule has 0 N–H and O–H groups in total. The van der Waals surface area contributed by atoms with Gasteiger partial charge in [0.2, 0.25) is 0 Å². The Morgan fingerprint density at radius 3 is 1.85 bits per heavy atom. The number of hydrogen-bond donors (Lipinski definition) is 0. The van der Waals surface area contributed by atoms with Crippen LogP contribution in [0.25, 0.3) is 0 Å². The van der Waals surface area contributed by atoms with Crippen molar-refractivity contribution < 1.29 is 21.6 Å². The number of fused-ring (bicyclic) bond motifs is 1. The van der Waals surface area contributed by atoms with Crippen molar-refractivity contribution in [1.82, 2.24) is 0 Å². The van der Waals surface area contributed by atoms with Crippen LogP contribution < -0.4 is 8.61 Å². The molecule has 39 heavy (non-hydrogen) atoms. The van der Waals surface area contributed by atoms with Gasteiger partial charge in [-0.15, -0.1) is 0 Å². The Kier molecular flexibility index (Phi) is 8.90. The molecule has 11 heteroatoms. The molecular formula is C28H27Br2F3N2O2S2. The average molecular weight is 704 g/mol. The van der Waals surface area contributed by atoms with Crippen LogP contribution in [0.3, 0.4) is 0 Å². The summed E-state index contributed by atoms with van der Waals surface area (Å²) in [6.45, 7) is 1.40. The monoisotopic (exact) mass is 702 g/mol. The second kappa shape index (κ2) is 12.0. The van der Waals surface area contributed by atoms with Crippen LogP contribution in [0.4, 0.5) is 24.5 Å². The molecule has 1 heterocycles. The van der Waals surface area contributed by atoms with Gasteiger partial charge in [-0.1, -0.05) is 51.1 Å². The number of piperidine rings is 1. The molecule has 1 aliphatic heterocycles. The topological polar surface area (TPSA) is 40.6 Å². The van der Waals surface area contributed by atoms with Crippen LogP contribution in [0, 0.1) is 11.8 Å². The lowest BCUT2D eigenvalue weighted by Gasteiger charge is -2.43. The van der Waals surface area contributed by atoms with Gasteiger partial charge in [0.15, 0.2) is 22.0 Å². The van der Waals surface area contributed by atoms with Gasteiger partial charge in [-0.25, -0.2) is 8.42 Å². The van der Waals surface area contributed by atoms with Crippen LogP contribution in [0.1, 0.15) is 37.7 Å². The minimum absolute atomic E-state index is 0.0431. The molecule has 1 saturated heterocycles. The summed E-state index contributed by atoms with van der Waals surface area (Å²) in [5.41, 5.74) is -0.316. The summed E-state index contributed by atoms with van der Waals surface area (Å²) < 4.78 is 72.7. The van der Waals surface area contributed by atoms with E-state index in [0.717, 1.165) is 44.1 Å². The maximum Gasteiger partial charge on any atom is 0.416 e. The van der Waals surface area contributed by atoms with Gasteiger partial charge in [0.25, 0.3) is 0 Å². The first-order valence-electron chi connectivity index (χ1n) is 12.7. The highest BCUT2D eigenvalue weighted by Gasteiger charge is 2.37. The van der Waals surface area contributed by atoms with Gasteiger partial charge in [0.05, 0.1) is 26.7 Å². The number of hydrogen-bond acceptors (Lipinski definition) is 3. The van der Waals surface area contributed by atoms with Crippen LogP contribution in [0.5, 0.6) is 0 Å². The normalized spacial score (nSPS) is 21.2. The molecular weight excluding hydrogens is 677 g/mol. The standard InChI is InChI=1S/C28H27Br2F3N2O2S2/c29-22-6-10-24(11-7-22)38(36)35(39(37)25-12-8-23(30)9-13-25)27-17-21(28(31,32)33)5-14-26(27)34-16-15-19-3-1-2-4-20(19)18-34/h5-14,17,19-20H,1-4,15-16,18H2/t19-,20?,38?,39?/m0/s1. The van der Waals surface area contributed by atoms with E-state index in [2.05, 4.69) is 36.8 Å². The zero-order valence-corrected chi connectivity index (χ0v) is 25.7. The summed E-state index contributed by atoms with van der Waals surface area (Å²) in [5.74, 6) is 1.09. The van der Waals surface area contributed by atoms with E-state index in [1.165, 1.54) is 18.9 Å². The summed E-state index contributed by atoms with van der Waals surface area (Å²) in [6.07, 6.45) is 0.993. The Bertz CT molecular complexity index is 1310. The molecule has 5 rings (SSSR count). The molecule has 2 fully saturated rings. The number of halogens is 5. The Morgan fingerprint density at radius 2 is 1.31 bits per heavy atom. The summed E-state index contributed by atoms with van der Waals surface area (Å²) in [7, 11) is -4.14. The maximum atomic E-state index is 14.1. The van der Waals surface area contributed by atoms with Crippen molar-refractivity contribution in [3.63, 3.8) is 0 Å². The lowest BCUT2D eigenvalue weighted by atomic mass is 9.75. The lowest BCUT2D eigenvalue weighted by Crippen LogP contribution is -2.42. The van der Waals surface area contributed by atoms with E-state index in [0.29, 0.717) is 40.4 Å². The molecule has 208 valence electrons. The highest BCUT2D eigenvalue weighted by molar-refractivity contribution is 9.10. The summed E-state index contributed by atoms with van der Waals surface area (Å²) in [6, 6.07) is 16.8. The first-order chi connectivity index (χ1) is 18.6. The molecule has 0 spiro atoms. The van der Waals surface area contributed by atoms with E-state index >= 15 is 0 Å². The molecule has 0 bridgehead atoms. The van der Waals surface area contributed by atoms with Gasteiger partial charge in [-0.2, -0.15) is 16.9 Å². The van der Waals surface area contributed by atoms with Crippen molar-refractivity contribution in [3.8, 4) is 0 Å². The minimum Gasteiger partial charge on any atom is -0.370 e. The fraction of sp³-hybridized carbons (Fsp3) is 0.357. The van der Waals surface area contributed by atoms with Crippen LogP contribution >= 0.6 is 31.9 Å². The number of alkyl halides is 3. The molecule has 3 aromatic rings. The number of nitrogens with zero attached hydrogens (tertiary/aromatic N) is 2. The van der Waals surface area contributed by atoms with E-state index in [-0.39, 0.29) is 5.69 Å². The first kappa shape index (κ1) is 28.8. The molecule has 4 nitrogen and oxygen atoms in total. The van der Waals surface area contributed by atoms with Crippen LogP contribution in [0.15, 0.2) is 85.5 Å². The lowest BCUT2D eigenvalue weighted by molar-refractivity contribution is -0.137. The summed E-state index contributed by atoms with van der Waals surface area (Å²) in [5, 5.41) is 0. The van der Waals surface area contributed by atoms with E-state index in [4.69, 9.17) is 0 Å². The second-order valence-electron chi connectivity index (χ2n) is 9.90. The molecule has 0 radical (unpaired) electrons. The molecule has 1 saturated carbocycles. The maximum absolute atomic E-state index is 14.1. The van der Waals surface area contributed by atoms with Gasteiger partial charge in [-0.05, 0) is 91.4 Å². The number of rotatable bonds is 6. The summed E-state index contributed by atoms with van der Waals surface area (Å²) in [4.78, 5) is 2.75. The molecule has 0 aromatic heterocycles. The van der Waals surface area contributed by atoms with Crippen LogP contribution in [-0.2, 0) is 28.1 Å². The minimum atomic E-state index is -4.62. The quantitative estimate of drug-likeness (QED) is 0.259. The van der Waals surface area contributed by atoms with Gasteiger partial charge < -0.3 is 4.90 Å². The molecule has 1 aliphatic carbocycles. The third-order valence-corrected chi connectivity index (χ3v) is 11.7. The SMILES string of the molecule is O=S(c1ccc(Br)cc1)N(c1cc(C(F)(F)F)ccc1N1CC[C@@H]2CCCCC2C1)S(=O)c1ccc(Br)cc1. The van der Waals surface area contributed by atoms with Crippen molar-refractivity contribution in [3.05, 3.63) is 81.2 Å². The van der Waals surface area contributed by atoms with Crippen molar-refractivity contribution in [2.45, 2.75) is 48.1 Å². The Balaban J connectivity index is 1.64. The van der Waals surface area contributed by atoms with E-state index in [1.54, 1.807) is 48.5 Å². The Labute approximate surface area is 248 Å². The van der Waals surface area contributed by atoms with Crippen molar-refractivity contribution >= 4 is 65.2 Å². The molecule has 4 atom stereocenters. The van der Waals surface area contributed by atoms with Gasteiger partial charge >= 0.3 is 6.18 Å². The van der Waals surface area contributed by atoms with Crippen LogP contribution in [-0.4, -0.2) is 21.5 Å². The average Bonchev–Trinajstić information content (AvgIpc) is 2.93. The predicted molar refractivity (Wildman–Crippen MR) is 157 cm³/mol. The second-order valence-corrected chi connectivity index (χ2v) is 14.6. The van der Waals surface area contributed by atoms with E-state index < -0.39 is 33.7 Å². The third-order valence-electron chi connectivity index (χ3n) is 7.46. The fourth-order valence-corrected chi connectivity index (χ4v) is 8.77. The molecule has 2 aliphatic rings. The van der Waals surface area contributed by atoms with Gasteiger partial charge in [0, 0.05) is 22.0 Å². The zero-order valence-electron chi connectivity index (χ0n) is 20.9. The van der Waals surface area contributed by atoms with Crippen molar-refractivity contribution in [2.75, 3.05) is 21.7 Å². The third kappa shape index (κ3) is 6.47. The largest absolute Gasteiger partial charge is 0.416 e. The smallest absolute Gasteiger partial charge is 0.370 e. The molecule has 0 amide bonds. The first-order valence-corrected chi connectivity index (χ1v) is 16.5. The van der Waals surface area contributed by atoms with Crippen LogP contribution in [0.2, 0.25) is 0 Å².